The van der Waals surface area contributed by atoms with E-state index >= 15 is 0 Å². The number of rotatable bonds is 4. The van der Waals surface area contributed by atoms with Crippen LogP contribution in [0.3, 0.4) is 0 Å². The first-order valence-corrected chi connectivity index (χ1v) is 8.64. The molecular weight excluding hydrogens is 282 g/mol. The lowest BCUT2D eigenvalue weighted by molar-refractivity contribution is 0.182. The smallest absolute Gasteiger partial charge is 0.152 e. The van der Waals surface area contributed by atoms with Crippen molar-refractivity contribution in [2.24, 2.45) is 5.84 Å². The van der Waals surface area contributed by atoms with E-state index in [-0.39, 0.29) is 0 Å². The molecule has 0 aliphatic carbocycles. The molecule has 2 aromatic heterocycles. The Labute approximate surface area is 129 Å². The Morgan fingerprint density at radius 2 is 2.29 bits per heavy atom. The van der Waals surface area contributed by atoms with Gasteiger partial charge in [-0.25, -0.2) is 15.8 Å². The van der Waals surface area contributed by atoms with E-state index in [9.17, 15) is 0 Å². The minimum atomic E-state index is 0.657. The third kappa shape index (κ3) is 3.17. The largest absolute Gasteiger partial charge is 0.308 e. The maximum Gasteiger partial charge on any atom is 0.152 e. The molecule has 1 saturated heterocycles. The van der Waals surface area contributed by atoms with Crippen LogP contribution in [0.5, 0.6) is 0 Å². The number of nitrogen functional groups attached to an aromatic ring is 1. The van der Waals surface area contributed by atoms with Crippen LogP contribution in [0.1, 0.15) is 44.9 Å². The molecule has 1 unspecified atom stereocenters. The first kappa shape index (κ1) is 14.7. The zero-order valence-electron chi connectivity index (χ0n) is 12.5. The molecular formula is C15H23N5S. The topological polar surface area (TPSA) is 67.1 Å². The van der Waals surface area contributed by atoms with Crippen LogP contribution < -0.4 is 11.3 Å². The van der Waals surface area contributed by atoms with Crippen molar-refractivity contribution in [2.45, 2.75) is 51.6 Å². The van der Waals surface area contributed by atoms with Gasteiger partial charge in [-0.2, -0.15) is 0 Å². The van der Waals surface area contributed by atoms with Crippen molar-refractivity contribution >= 4 is 27.4 Å². The molecule has 6 heteroatoms. The summed E-state index contributed by atoms with van der Waals surface area (Å²) in [7, 11) is 0. The molecule has 1 fully saturated rings. The van der Waals surface area contributed by atoms with Gasteiger partial charge in [0.05, 0.1) is 11.9 Å². The number of fused-ring (bicyclic) bond motifs is 1. The SMILES string of the molecule is CCC1CCCCCN1Cc1nc(NN)c2ccsc2n1. The van der Waals surface area contributed by atoms with Crippen molar-refractivity contribution < 1.29 is 0 Å². The Hall–Kier alpha value is -1.24. The second kappa shape index (κ2) is 6.68. The third-order valence-corrected chi connectivity index (χ3v) is 5.13. The van der Waals surface area contributed by atoms with Gasteiger partial charge in [0.1, 0.15) is 10.7 Å². The highest BCUT2D eigenvalue weighted by Gasteiger charge is 2.21. The van der Waals surface area contributed by atoms with Crippen molar-refractivity contribution in [3.8, 4) is 0 Å². The predicted molar refractivity (Wildman–Crippen MR) is 88.2 cm³/mol. The molecule has 0 radical (unpaired) electrons. The number of anilines is 1. The Balaban J connectivity index is 1.85. The Morgan fingerprint density at radius 1 is 1.38 bits per heavy atom. The fraction of sp³-hybridized carbons (Fsp3) is 0.600. The van der Waals surface area contributed by atoms with Gasteiger partial charge in [-0.1, -0.05) is 19.8 Å². The van der Waals surface area contributed by atoms with Gasteiger partial charge >= 0.3 is 0 Å². The quantitative estimate of drug-likeness (QED) is 0.671. The average molecular weight is 305 g/mol. The number of thiophene rings is 1. The number of aromatic nitrogens is 2. The summed E-state index contributed by atoms with van der Waals surface area (Å²) in [6.45, 7) is 4.25. The average Bonchev–Trinajstić information content (AvgIpc) is 2.86. The van der Waals surface area contributed by atoms with Gasteiger partial charge in [-0.05, 0) is 37.3 Å². The molecule has 3 rings (SSSR count). The van der Waals surface area contributed by atoms with E-state index in [1.165, 1.54) is 32.1 Å². The first-order chi connectivity index (χ1) is 10.3. The van der Waals surface area contributed by atoms with E-state index in [1.807, 2.05) is 11.4 Å². The molecule has 3 heterocycles. The highest BCUT2D eigenvalue weighted by Crippen LogP contribution is 2.26. The number of nitrogens with one attached hydrogen (secondary N) is 1. The van der Waals surface area contributed by atoms with Crippen LogP contribution >= 0.6 is 11.3 Å². The zero-order valence-corrected chi connectivity index (χ0v) is 13.3. The van der Waals surface area contributed by atoms with Gasteiger partial charge in [0.25, 0.3) is 0 Å². The molecule has 114 valence electrons. The summed E-state index contributed by atoms with van der Waals surface area (Å²) in [5, 5.41) is 3.04. The summed E-state index contributed by atoms with van der Waals surface area (Å²) >= 11 is 1.64. The van der Waals surface area contributed by atoms with E-state index in [4.69, 9.17) is 10.8 Å². The Morgan fingerprint density at radius 3 is 3.10 bits per heavy atom. The van der Waals surface area contributed by atoms with E-state index in [1.54, 1.807) is 11.3 Å². The second-order valence-corrected chi connectivity index (χ2v) is 6.55. The lowest BCUT2D eigenvalue weighted by Gasteiger charge is -2.28. The molecule has 1 aliphatic rings. The number of nitrogens with zero attached hydrogens (tertiary/aromatic N) is 3. The van der Waals surface area contributed by atoms with Gasteiger partial charge in [0.2, 0.25) is 0 Å². The van der Waals surface area contributed by atoms with E-state index in [0.29, 0.717) is 6.04 Å². The third-order valence-electron chi connectivity index (χ3n) is 4.32. The molecule has 21 heavy (non-hydrogen) atoms. The molecule has 0 aromatic carbocycles. The molecule has 0 amide bonds. The van der Waals surface area contributed by atoms with Crippen LogP contribution in [0.4, 0.5) is 5.82 Å². The first-order valence-electron chi connectivity index (χ1n) is 7.76. The fourth-order valence-corrected chi connectivity index (χ4v) is 3.95. The molecule has 2 aromatic rings. The van der Waals surface area contributed by atoms with Crippen molar-refractivity contribution in [3.05, 3.63) is 17.3 Å². The lowest BCUT2D eigenvalue weighted by atomic mass is 10.1. The summed E-state index contributed by atoms with van der Waals surface area (Å²) in [4.78, 5) is 12.9. The predicted octanol–water partition coefficient (Wildman–Crippen LogP) is 3.13. The van der Waals surface area contributed by atoms with E-state index in [0.717, 1.165) is 34.9 Å². The lowest BCUT2D eigenvalue weighted by Crippen LogP contribution is -2.34. The number of hydrogen-bond acceptors (Lipinski definition) is 6. The minimum absolute atomic E-state index is 0.657. The molecule has 0 bridgehead atoms. The fourth-order valence-electron chi connectivity index (χ4n) is 3.17. The summed E-state index contributed by atoms with van der Waals surface area (Å²) in [6, 6.07) is 2.67. The van der Waals surface area contributed by atoms with Crippen LogP contribution in [-0.2, 0) is 6.54 Å². The Kier molecular flexibility index (Phi) is 4.67. The van der Waals surface area contributed by atoms with Gasteiger partial charge in [-0.3, -0.25) is 4.90 Å². The summed E-state index contributed by atoms with van der Waals surface area (Å²) in [5.74, 6) is 7.22. The number of hydrogen-bond donors (Lipinski definition) is 2. The maximum absolute atomic E-state index is 5.61. The maximum atomic E-state index is 5.61. The minimum Gasteiger partial charge on any atom is -0.308 e. The highest BCUT2D eigenvalue weighted by molar-refractivity contribution is 7.16. The van der Waals surface area contributed by atoms with Gasteiger partial charge in [0, 0.05) is 6.04 Å². The van der Waals surface area contributed by atoms with Crippen molar-refractivity contribution in [1.29, 1.82) is 0 Å². The van der Waals surface area contributed by atoms with Crippen LogP contribution in [0.15, 0.2) is 11.4 Å². The van der Waals surface area contributed by atoms with E-state index in [2.05, 4.69) is 22.2 Å². The molecule has 3 N–H and O–H groups in total. The van der Waals surface area contributed by atoms with Crippen LogP contribution in [0.2, 0.25) is 0 Å². The van der Waals surface area contributed by atoms with E-state index < -0.39 is 0 Å². The van der Waals surface area contributed by atoms with Crippen molar-refractivity contribution in [1.82, 2.24) is 14.9 Å². The normalized spacial score (nSPS) is 20.6. The monoisotopic (exact) mass is 305 g/mol. The zero-order chi connectivity index (χ0) is 14.7. The second-order valence-electron chi connectivity index (χ2n) is 5.65. The van der Waals surface area contributed by atoms with Crippen LogP contribution in [0.25, 0.3) is 10.2 Å². The molecule has 0 spiro atoms. The van der Waals surface area contributed by atoms with Gasteiger partial charge in [0.15, 0.2) is 5.82 Å². The molecule has 0 saturated carbocycles. The highest BCUT2D eigenvalue weighted by atomic mass is 32.1. The van der Waals surface area contributed by atoms with Crippen LogP contribution in [-0.4, -0.2) is 27.5 Å². The molecule has 5 nitrogen and oxygen atoms in total. The van der Waals surface area contributed by atoms with Crippen LogP contribution in [0, 0.1) is 0 Å². The van der Waals surface area contributed by atoms with Gasteiger partial charge < -0.3 is 5.43 Å². The van der Waals surface area contributed by atoms with Crippen molar-refractivity contribution in [3.63, 3.8) is 0 Å². The summed E-state index contributed by atoms with van der Waals surface area (Å²) in [6.07, 6.45) is 6.45. The standard InChI is InChI=1S/C15H23N5S/c1-2-11-6-4-3-5-8-20(11)10-13-17-14(19-16)12-7-9-21-15(12)18-13/h7,9,11H,2-6,8,10,16H2,1H3,(H,17,18,19). The number of likely N-dealkylation sites (tertiary alicyclic amines) is 1. The summed E-state index contributed by atoms with van der Waals surface area (Å²) in [5.41, 5.74) is 2.71. The summed E-state index contributed by atoms with van der Waals surface area (Å²) < 4.78 is 0. The number of hydrazine groups is 1. The Bertz CT molecular complexity index is 597. The van der Waals surface area contributed by atoms with Gasteiger partial charge in [-0.15, -0.1) is 11.3 Å². The number of nitrogens with two attached hydrogens (primary N) is 1. The molecule has 1 atom stereocenters. The molecule has 1 aliphatic heterocycles. The van der Waals surface area contributed by atoms with Crippen molar-refractivity contribution in [2.75, 3.05) is 12.0 Å².